The smallest absolute Gasteiger partial charge is 0.240 e. The second kappa shape index (κ2) is 8.80. The first kappa shape index (κ1) is 20.4. The van der Waals surface area contributed by atoms with Gasteiger partial charge in [-0.3, -0.25) is 4.90 Å². The maximum absolute atomic E-state index is 12.4. The number of nitrogens with zero attached hydrogens (tertiary/aromatic N) is 2. The van der Waals surface area contributed by atoms with Crippen molar-refractivity contribution in [2.45, 2.75) is 11.8 Å². The highest BCUT2D eigenvalue weighted by Gasteiger charge is 2.19. The quantitative estimate of drug-likeness (QED) is 0.767. The first-order valence-electron chi connectivity index (χ1n) is 8.84. The van der Waals surface area contributed by atoms with Crippen LogP contribution < -0.4 is 9.62 Å². The molecule has 0 bridgehead atoms. The van der Waals surface area contributed by atoms with Crippen LogP contribution in [0.4, 0.5) is 5.69 Å². The Hall–Kier alpha value is -1.31. The first-order valence-corrected chi connectivity index (χ1v) is 11.1. The van der Waals surface area contributed by atoms with E-state index in [0.717, 1.165) is 42.5 Å². The highest BCUT2D eigenvalue weighted by molar-refractivity contribution is 7.89. The van der Waals surface area contributed by atoms with E-state index in [1.165, 1.54) is 6.07 Å². The lowest BCUT2D eigenvalue weighted by molar-refractivity contribution is 0.262. The van der Waals surface area contributed by atoms with E-state index in [1.807, 2.05) is 31.2 Å². The number of aryl methyl sites for hydroxylation is 1. The molecule has 2 aromatic rings. The van der Waals surface area contributed by atoms with Crippen molar-refractivity contribution in [2.75, 3.05) is 44.2 Å². The number of hydrogen-bond acceptors (Lipinski definition) is 4. The molecule has 5 nitrogen and oxygen atoms in total. The van der Waals surface area contributed by atoms with Gasteiger partial charge >= 0.3 is 0 Å². The van der Waals surface area contributed by atoms with E-state index in [2.05, 4.69) is 14.5 Å². The van der Waals surface area contributed by atoms with Gasteiger partial charge < -0.3 is 4.90 Å². The van der Waals surface area contributed by atoms with Gasteiger partial charge in [-0.2, -0.15) is 0 Å². The van der Waals surface area contributed by atoms with Gasteiger partial charge in [-0.25, -0.2) is 13.1 Å². The monoisotopic (exact) mass is 427 g/mol. The summed E-state index contributed by atoms with van der Waals surface area (Å²) in [6.45, 7) is 6.48. The summed E-state index contributed by atoms with van der Waals surface area (Å²) in [5.41, 5.74) is 2.02. The molecule has 1 fully saturated rings. The van der Waals surface area contributed by atoms with Crippen LogP contribution in [-0.2, 0) is 10.0 Å². The van der Waals surface area contributed by atoms with Gasteiger partial charge in [0.15, 0.2) is 0 Å². The maximum Gasteiger partial charge on any atom is 0.240 e. The summed E-state index contributed by atoms with van der Waals surface area (Å²) >= 11 is 12.0. The summed E-state index contributed by atoms with van der Waals surface area (Å²) in [4.78, 5) is 4.77. The van der Waals surface area contributed by atoms with Crippen molar-refractivity contribution < 1.29 is 8.42 Å². The Morgan fingerprint density at radius 1 is 1.00 bits per heavy atom. The Morgan fingerprint density at radius 3 is 2.30 bits per heavy atom. The molecular weight excluding hydrogens is 405 g/mol. The number of piperazine rings is 1. The average Bonchev–Trinajstić information content (AvgIpc) is 2.65. The fraction of sp³-hybridized carbons (Fsp3) is 0.368. The van der Waals surface area contributed by atoms with Gasteiger partial charge in [0.05, 0.1) is 4.90 Å². The molecular formula is C19H23Cl2N3O2S. The van der Waals surface area contributed by atoms with Crippen molar-refractivity contribution in [2.24, 2.45) is 0 Å². The zero-order chi connectivity index (χ0) is 19.4. The highest BCUT2D eigenvalue weighted by atomic mass is 35.5. The predicted molar refractivity (Wildman–Crippen MR) is 111 cm³/mol. The minimum absolute atomic E-state index is 0.200. The van der Waals surface area contributed by atoms with Crippen LogP contribution >= 0.6 is 23.2 Å². The summed E-state index contributed by atoms with van der Waals surface area (Å²) in [6.07, 6.45) is 0. The van der Waals surface area contributed by atoms with Gasteiger partial charge in [-0.15, -0.1) is 0 Å². The van der Waals surface area contributed by atoms with Crippen molar-refractivity contribution in [3.8, 4) is 0 Å². The molecule has 27 heavy (non-hydrogen) atoms. The Balaban J connectivity index is 1.47. The van der Waals surface area contributed by atoms with Gasteiger partial charge in [0.2, 0.25) is 10.0 Å². The second-order valence-electron chi connectivity index (χ2n) is 6.61. The molecule has 0 spiro atoms. The summed E-state index contributed by atoms with van der Waals surface area (Å²) in [6, 6.07) is 12.6. The average molecular weight is 428 g/mol. The van der Waals surface area contributed by atoms with Crippen LogP contribution in [0.25, 0.3) is 0 Å². The fourth-order valence-corrected chi connectivity index (χ4v) is 4.46. The molecule has 1 aliphatic rings. The van der Waals surface area contributed by atoms with Crippen molar-refractivity contribution >= 4 is 38.9 Å². The minimum atomic E-state index is -3.54. The van der Waals surface area contributed by atoms with Crippen LogP contribution in [0.15, 0.2) is 47.4 Å². The third-order valence-corrected chi connectivity index (χ3v) is 6.86. The van der Waals surface area contributed by atoms with Crippen LogP contribution in [-0.4, -0.2) is 52.6 Å². The zero-order valence-corrected chi connectivity index (χ0v) is 17.5. The number of nitrogens with one attached hydrogen (secondary N) is 1. The maximum atomic E-state index is 12.4. The molecule has 2 aromatic carbocycles. The van der Waals surface area contributed by atoms with E-state index in [0.29, 0.717) is 18.1 Å². The van der Waals surface area contributed by atoms with Crippen molar-refractivity contribution in [1.82, 2.24) is 9.62 Å². The van der Waals surface area contributed by atoms with Crippen LogP contribution in [0.1, 0.15) is 5.56 Å². The topological polar surface area (TPSA) is 52.7 Å². The molecule has 0 aromatic heterocycles. The van der Waals surface area contributed by atoms with Crippen LogP contribution in [0.3, 0.4) is 0 Å². The number of hydrogen-bond donors (Lipinski definition) is 1. The summed E-state index contributed by atoms with van der Waals surface area (Å²) < 4.78 is 27.5. The molecule has 0 radical (unpaired) electrons. The number of sulfonamides is 1. The van der Waals surface area contributed by atoms with E-state index in [-0.39, 0.29) is 4.90 Å². The fourth-order valence-electron chi connectivity index (χ4n) is 3.04. The summed E-state index contributed by atoms with van der Waals surface area (Å²) in [7, 11) is -3.54. The normalized spacial score (nSPS) is 15.9. The van der Waals surface area contributed by atoms with Gasteiger partial charge in [0.25, 0.3) is 0 Å². The van der Waals surface area contributed by atoms with E-state index in [4.69, 9.17) is 23.2 Å². The molecule has 8 heteroatoms. The molecule has 1 N–H and O–H groups in total. The molecule has 146 valence electrons. The molecule has 3 rings (SSSR count). The highest BCUT2D eigenvalue weighted by Crippen LogP contribution is 2.20. The summed E-state index contributed by atoms with van der Waals surface area (Å²) in [5, 5.41) is 1.19. The Kier molecular flexibility index (Phi) is 6.65. The van der Waals surface area contributed by atoms with Gasteiger partial charge in [0.1, 0.15) is 0 Å². The Labute approximate surface area is 170 Å². The van der Waals surface area contributed by atoms with Crippen LogP contribution in [0.5, 0.6) is 0 Å². The molecule has 1 aliphatic heterocycles. The van der Waals surface area contributed by atoms with Crippen molar-refractivity contribution in [1.29, 1.82) is 0 Å². The van der Waals surface area contributed by atoms with E-state index in [9.17, 15) is 8.42 Å². The molecule has 1 saturated heterocycles. The van der Waals surface area contributed by atoms with Gasteiger partial charge in [0, 0.05) is 55.0 Å². The first-order chi connectivity index (χ1) is 12.8. The Morgan fingerprint density at radius 2 is 1.67 bits per heavy atom. The molecule has 0 saturated carbocycles. The molecule has 0 atom stereocenters. The number of rotatable bonds is 6. The SMILES string of the molecule is Cc1ccc(S(=O)(=O)NCCN2CCN(c3ccc(Cl)cc3)CC2)cc1Cl. The lowest BCUT2D eigenvalue weighted by atomic mass is 10.2. The van der Waals surface area contributed by atoms with Crippen molar-refractivity contribution in [3.05, 3.63) is 58.1 Å². The standard InChI is InChI=1S/C19H23Cl2N3O2S/c1-15-2-7-18(14-19(15)21)27(25,26)22-8-9-23-10-12-24(13-11-23)17-5-3-16(20)4-6-17/h2-7,14,22H,8-13H2,1H3. The minimum Gasteiger partial charge on any atom is -0.369 e. The van der Waals surface area contributed by atoms with Crippen LogP contribution in [0, 0.1) is 6.92 Å². The van der Waals surface area contributed by atoms with E-state index >= 15 is 0 Å². The predicted octanol–water partition coefficient (Wildman–Crippen LogP) is 3.40. The second-order valence-corrected chi connectivity index (χ2v) is 9.22. The zero-order valence-electron chi connectivity index (χ0n) is 15.2. The third kappa shape index (κ3) is 5.36. The number of halogens is 2. The lowest BCUT2D eigenvalue weighted by Crippen LogP contribution is -2.48. The molecule has 0 amide bonds. The Bertz CT molecular complexity index is 880. The largest absolute Gasteiger partial charge is 0.369 e. The van der Waals surface area contributed by atoms with Crippen LogP contribution in [0.2, 0.25) is 10.0 Å². The van der Waals surface area contributed by atoms with E-state index in [1.54, 1.807) is 12.1 Å². The van der Waals surface area contributed by atoms with Gasteiger partial charge in [-0.05, 0) is 48.9 Å². The third-order valence-electron chi connectivity index (χ3n) is 4.74. The lowest BCUT2D eigenvalue weighted by Gasteiger charge is -2.36. The summed E-state index contributed by atoms with van der Waals surface area (Å²) in [5.74, 6) is 0. The molecule has 0 unspecified atom stereocenters. The van der Waals surface area contributed by atoms with Crippen molar-refractivity contribution in [3.63, 3.8) is 0 Å². The number of anilines is 1. The molecule has 0 aliphatic carbocycles. The molecule has 1 heterocycles. The van der Waals surface area contributed by atoms with Gasteiger partial charge in [-0.1, -0.05) is 29.3 Å². The number of benzene rings is 2. The van der Waals surface area contributed by atoms with E-state index < -0.39 is 10.0 Å².